The molecule has 16 heavy (non-hydrogen) atoms. The number of nitrogens with one attached hydrogen (secondary N) is 1. The molecule has 2 nitrogen and oxygen atoms in total. The molecule has 0 aliphatic carbocycles. The van der Waals surface area contributed by atoms with Crippen LogP contribution in [-0.4, -0.2) is 18.4 Å². The average molecular weight is 227 g/mol. The van der Waals surface area contributed by atoms with Crippen LogP contribution >= 0.6 is 0 Å². The molecule has 4 heteroatoms. The predicted molar refractivity (Wildman–Crippen MR) is 58.4 cm³/mol. The fourth-order valence-corrected chi connectivity index (χ4v) is 1.52. The van der Waals surface area contributed by atoms with Gasteiger partial charge in [0, 0.05) is 5.56 Å². The van der Waals surface area contributed by atoms with Crippen molar-refractivity contribution < 1.29 is 13.6 Å². The van der Waals surface area contributed by atoms with E-state index in [-0.39, 0.29) is 17.4 Å². The number of carbonyl (C=O) groups is 1. The van der Waals surface area contributed by atoms with Crippen LogP contribution in [0.3, 0.4) is 0 Å². The van der Waals surface area contributed by atoms with Gasteiger partial charge in [-0.1, -0.05) is 13.8 Å². The Morgan fingerprint density at radius 3 is 2.50 bits per heavy atom. The number of hydrogen-bond donors (Lipinski definition) is 1. The number of Topliss-reactive ketones (excluding diaryl/α,β-unsaturated/α-hetero) is 1. The van der Waals surface area contributed by atoms with E-state index >= 15 is 0 Å². The summed E-state index contributed by atoms with van der Waals surface area (Å²) in [6, 6.07) is 2.88. The number of hydrogen-bond acceptors (Lipinski definition) is 2. The van der Waals surface area contributed by atoms with Crippen LogP contribution in [0.5, 0.6) is 0 Å². The Morgan fingerprint density at radius 1 is 1.31 bits per heavy atom. The van der Waals surface area contributed by atoms with Crippen LogP contribution in [0.25, 0.3) is 0 Å². The average Bonchev–Trinajstić information content (AvgIpc) is 2.28. The van der Waals surface area contributed by atoms with Crippen molar-refractivity contribution in [1.29, 1.82) is 0 Å². The van der Waals surface area contributed by atoms with Crippen LogP contribution in [0.1, 0.15) is 30.6 Å². The highest BCUT2D eigenvalue weighted by Gasteiger charge is 2.18. The van der Waals surface area contributed by atoms with E-state index < -0.39 is 11.6 Å². The Labute approximate surface area is 93.7 Å². The van der Waals surface area contributed by atoms with Crippen LogP contribution in [0.2, 0.25) is 0 Å². The van der Waals surface area contributed by atoms with Gasteiger partial charge in [-0.25, -0.2) is 8.78 Å². The normalized spacial score (nSPS) is 12.5. The smallest absolute Gasteiger partial charge is 0.179 e. The predicted octanol–water partition coefficient (Wildman–Crippen LogP) is 2.54. The third-order valence-corrected chi connectivity index (χ3v) is 2.38. The molecule has 1 atom stereocenters. The van der Waals surface area contributed by atoms with Gasteiger partial charge in [-0.3, -0.25) is 4.79 Å². The molecule has 1 N–H and O–H groups in total. The largest absolute Gasteiger partial charge is 0.307 e. The van der Waals surface area contributed by atoms with Crippen molar-refractivity contribution in [3.63, 3.8) is 0 Å². The highest BCUT2D eigenvalue weighted by atomic mass is 19.2. The molecule has 0 aliphatic heterocycles. The van der Waals surface area contributed by atoms with Gasteiger partial charge in [0.15, 0.2) is 17.4 Å². The number of halogens is 2. The number of likely N-dealkylation sites (N-methyl/N-ethyl adjacent to an activating group) is 1. The first kappa shape index (κ1) is 12.8. The van der Waals surface area contributed by atoms with Crippen LogP contribution in [-0.2, 0) is 0 Å². The summed E-state index contributed by atoms with van der Waals surface area (Å²) < 4.78 is 25.6. The topological polar surface area (TPSA) is 29.1 Å². The molecule has 0 aliphatic rings. The highest BCUT2D eigenvalue weighted by molar-refractivity contribution is 6.00. The first-order valence-corrected chi connectivity index (χ1v) is 5.32. The van der Waals surface area contributed by atoms with Gasteiger partial charge in [0.05, 0.1) is 6.04 Å². The van der Waals surface area contributed by atoms with Crippen molar-refractivity contribution in [3.8, 4) is 0 Å². The zero-order valence-electron chi connectivity index (χ0n) is 9.39. The Bertz CT molecular complexity index is 379. The standard InChI is InChI=1S/C12H15F2NO/c1-3-11(15-4-2)12(16)8-5-6-9(13)10(14)7-8/h5-7,11,15H,3-4H2,1-2H3. The first-order chi connectivity index (χ1) is 7.60. The monoisotopic (exact) mass is 227 g/mol. The van der Waals surface area contributed by atoms with E-state index in [1.54, 1.807) is 0 Å². The zero-order valence-corrected chi connectivity index (χ0v) is 9.39. The lowest BCUT2D eigenvalue weighted by molar-refractivity contribution is 0.0941. The summed E-state index contributed by atoms with van der Waals surface area (Å²) in [5.74, 6) is -2.13. The molecule has 0 radical (unpaired) electrons. The maximum atomic E-state index is 12.9. The Balaban J connectivity index is 2.90. The number of rotatable bonds is 5. The van der Waals surface area contributed by atoms with Gasteiger partial charge in [-0.2, -0.15) is 0 Å². The molecule has 0 saturated heterocycles. The fraction of sp³-hybridized carbons (Fsp3) is 0.417. The molecule has 0 amide bonds. The maximum absolute atomic E-state index is 12.9. The molecule has 0 aromatic heterocycles. The minimum Gasteiger partial charge on any atom is -0.307 e. The molecule has 1 unspecified atom stereocenters. The van der Waals surface area contributed by atoms with Crippen molar-refractivity contribution in [2.24, 2.45) is 0 Å². The Morgan fingerprint density at radius 2 is 2.00 bits per heavy atom. The lowest BCUT2D eigenvalue weighted by Gasteiger charge is -2.14. The summed E-state index contributed by atoms with van der Waals surface area (Å²) in [5, 5.41) is 3.00. The van der Waals surface area contributed by atoms with Crippen molar-refractivity contribution >= 4 is 5.78 Å². The van der Waals surface area contributed by atoms with Gasteiger partial charge >= 0.3 is 0 Å². The summed E-state index contributed by atoms with van der Waals surface area (Å²) in [5.41, 5.74) is 0.201. The maximum Gasteiger partial charge on any atom is 0.179 e. The van der Waals surface area contributed by atoms with Crippen LogP contribution in [0.4, 0.5) is 8.78 Å². The number of carbonyl (C=O) groups excluding carboxylic acids is 1. The summed E-state index contributed by atoms with van der Waals surface area (Å²) in [6.07, 6.45) is 0.617. The number of benzene rings is 1. The van der Waals surface area contributed by atoms with E-state index in [9.17, 15) is 13.6 Å². The number of ketones is 1. The Kier molecular flexibility index (Phi) is 4.55. The summed E-state index contributed by atoms with van der Waals surface area (Å²) in [6.45, 7) is 4.42. The molecule has 1 aromatic carbocycles. The molecule has 1 rings (SSSR count). The fourth-order valence-electron chi connectivity index (χ4n) is 1.52. The van der Waals surface area contributed by atoms with Gasteiger partial charge < -0.3 is 5.32 Å². The van der Waals surface area contributed by atoms with Crippen molar-refractivity contribution in [1.82, 2.24) is 5.32 Å². The second kappa shape index (κ2) is 5.70. The van der Waals surface area contributed by atoms with E-state index in [0.29, 0.717) is 13.0 Å². The van der Waals surface area contributed by atoms with Crippen LogP contribution < -0.4 is 5.32 Å². The molecule has 0 heterocycles. The minimum atomic E-state index is -0.989. The lowest BCUT2D eigenvalue weighted by Crippen LogP contribution is -2.36. The highest BCUT2D eigenvalue weighted by Crippen LogP contribution is 2.11. The molecule has 0 bridgehead atoms. The molecule has 1 aromatic rings. The molecule has 0 saturated carbocycles. The van der Waals surface area contributed by atoms with Gasteiger partial charge in [-0.15, -0.1) is 0 Å². The van der Waals surface area contributed by atoms with Crippen molar-refractivity contribution in [3.05, 3.63) is 35.4 Å². The van der Waals surface area contributed by atoms with E-state index in [4.69, 9.17) is 0 Å². The lowest BCUT2D eigenvalue weighted by atomic mass is 10.0. The Hall–Kier alpha value is -1.29. The van der Waals surface area contributed by atoms with E-state index in [1.165, 1.54) is 6.07 Å². The SMILES string of the molecule is CCNC(CC)C(=O)c1ccc(F)c(F)c1. The summed E-state index contributed by atoms with van der Waals surface area (Å²) in [4.78, 5) is 11.9. The van der Waals surface area contributed by atoms with E-state index in [2.05, 4.69) is 5.32 Å². The van der Waals surface area contributed by atoms with Crippen LogP contribution in [0.15, 0.2) is 18.2 Å². The molecule has 0 fully saturated rings. The third-order valence-electron chi connectivity index (χ3n) is 2.38. The third kappa shape index (κ3) is 2.85. The van der Waals surface area contributed by atoms with Crippen molar-refractivity contribution in [2.45, 2.75) is 26.3 Å². The van der Waals surface area contributed by atoms with Crippen molar-refractivity contribution in [2.75, 3.05) is 6.54 Å². The van der Waals surface area contributed by atoms with Gasteiger partial charge in [-0.05, 0) is 31.2 Å². The zero-order chi connectivity index (χ0) is 12.1. The van der Waals surface area contributed by atoms with E-state index in [0.717, 1.165) is 12.1 Å². The van der Waals surface area contributed by atoms with E-state index in [1.807, 2.05) is 13.8 Å². The first-order valence-electron chi connectivity index (χ1n) is 5.32. The van der Waals surface area contributed by atoms with Crippen LogP contribution in [0, 0.1) is 11.6 Å². The second-order valence-corrected chi connectivity index (χ2v) is 3.51. The second-order valence-electron chi connectivity index (χ2n) is 3.51. The van der Waals surface area contributed by atoms with Gasteiger partial charge in [0.2, 0.25) is 0 Å². The summed E-state index contributed by atoms with van der Waals surface area (Å²) in [7, 11) is 0. The van der Waals surface area contributed by atoms with Gasteiger partial charge in [0.1, 0.15) is 0 Å². The molecule has 88 valence electrons. The van der Waals surface area contributed by atoms with Gasteiger partial charge in [0.25, 0.3) is 0 Å². The molecule has 0 spiro atoms. The molecular weight excluding hydrogens is 212 g/mol. The quantitative estimate of drug-likeness (QED) is 0.783. The summed E-state index contributed by atoms with van der Waals surface area (Å²) >= 11 is 0. The minimum absolute atomic E-state index is 0.201. The molecular formula is C12H15F2NO.